The van der Waals surface area contributed by atoms with Gasteiger partial charge in [0.1, 0.15) is 18.1 Å². The fourth-order valence-corrected chi connectivity index (χ4v) is 1.77. The fourth-order valence-electron chi connectivity index (χ4n) is 1.77. The predicted octanol–water partition coefficient (Wildman–Crippen LogP) is 3.16. The molecule has 0 saturated heterocycles. The highest BCUT2D eigenvalue weighted by atomic mass is 16.5. The van der Waals surface area contributed by atoms with Crippen LogP contribution in [0.25, 0.3) is 0 Å². The smallest absolute Gasteiger partial charge is 0.122 e. The highest BCUT2D eigenvalue weighted by Crippen LogP contribution is 2.21. The van der Waals surface area contributed by atoms with E-state index < -0.39 is 0 Å². The lowest BCUT2D eigenvalue weighted by Gasteiger charge is -2.10. The summed E-state index contributed by atoms with van der Waals surface area (Å²) < 4.78 is 10.9. The number of hydrogen-bond acceptors (Lipinski definition) is 3. The fraction of sp³-hybridized carbons (Fsp3) is 0.200. The van der Waals surface area contributed by atoms with Gasteiger partial charge in [-0.25, -0.2) is 0 Å². The van der Waals surface area contributed by atoms with Gasteiger partial charge in [0.25, 0.3) is 0 Å². The van der Waals surface area contributed by atoms with Crippen molar-refractivity contribution in [3.05, 3.63) is 53.6 Å². The Morgan fingerprint density at radius 3 is 2.61 bits per heavy atom. The largest absolute Gasteiger partial charge is 0.497 e. The maximum absolute atomic E-state index is 5.80. The van der Waals surface area contributed by atoms with Crippen molar-refractivity contribution in [1.29, 1.82) is 0 Å². The summed E-state index contributed by atoms with van der Waals surface area (Å²) >= 11 is 0. The number of anilines is 1. The van der Waals surface area contributed by atoms with Crippen molar-refractivity contribution in [2.75, 3.05) is 12.8 Å². The monoisotopic (exact) mass is 243 g/mol. The van der Waals surface area contributed by atoms with Crippen LogP contribution in [0.2, 0.25) is 0 Å². The van der Waals surface area contributed by atoms with Crippen LogP contribution in [0.15, 0.2) is 42.5 Å². The molecule has 0 aliphatic heterocycles. The topological polar surface area (TPSA) is 44.5 Å². The second-order valence-electron chi connectivity index (χ2n) is 4.17. The zero-order valence-corrected chi connectivity index (χ0v) is 10.6. The molecule has 0 aliphatic rings. The normalized spacial score (nSPS) is 10.1. The first-order valence-electron chi connectivity index (χ1n) is 5.81. The van der Waals surface area contributed by atoms with E-state index in [1.807, 2.05) is 43.3 Å². The summed E-state index contributed by atoms with van der Waals surface area (Å²) in [5.74, 6) is 1.64. The predicted molar refractivity (Wildman–Crippen MR) is 72.9 cm³/mol. The Morgan fingerprint density at radius 2 is 1.89 bits per heavy atom. The van der Waals surface area contributed by atoms with Gasteiger partial charge in [-0.3, -0.25) is 0 Å². The lowest BCUT2D eigenvalue weighted by atomic mass is 10.2. The molecule has 0 spiro atoms. The van der Waals surface area contributed by atoms with Crippen molar-refractivity contribution in [3.8, 4) is 11.5 Å². The average Bonchev–Trinajstić information content (AvgIpc) is 2.37. The quantitative estimate of drug-likeness (QED) is 0.839. The molecule has 2 aromatic carbocycles. The Labute approximate surface area is 107 Å². The molecule has 0 aliphatic carbocycles. The molecule has 0 unspecified atom stereocenters. The molecule has 18 heavy (non-hydrogen) atoms. The highest BCUT2D eigenvalue weighted by molar-refractivity contribution is 5.47. The van der Waals surface area contributed by atoms with E-state index >= 15 is 0 Å². The van der Waals surface area contributed by atoms with Crippen molar-refractivity contribution < 1.29 is 9.47 Å². The maximum atomic E-state index is 5.80. The summed E-state index contributed by atoms with van der Waals surface area (Å²) in [6, 6.07) is 13.5. The number of benzene rings is 2. The third-order valence-electron chi connectivity index (χ3n) is 2.71. The van der Waals surface area contributed by atoms with Crippen LogP contribution < -0.4 is 15.2 Å². The second kappa shape index (κ2) is 5.45. The summed E-state index contributed by atoms with van der Waals surface area (Å²) in [5.41, 5.74) is 8.59. The molecule has 94 valence electrons. The molecule has 0 bridgehead atoms. The molecule has 0 aromatic heterocycles. The van der Waals surface area contributed by atoms with Crippen LogP contribution in [-0.2, 0) is 6.61 Å². The van der Waals surface area contributed by atoms with Gasteiger partial charge in [-0.2, -0.15) is 0 Å². The summed E-state index contributed by atoms with van der Waals surface area (Å²) in [6.45, 7) is 2.50. The highest BCUT2D eigenvalue weighted by Gasteiger charge is 2.02. The van der Waals surface area contributed by atoms with Crippen molar-refractivity contribution in [3.63, 3.8) is 0 Å². The number of nitrogens with two attached hydrogens (primary N) is 1. The van der Waals surface area contributed by atoms with Crippen LogP contribution in [0.4, 0.5) is 5.69 Å². The summed E-state index contributed by atoms with van der Waals surface area (Å²) in [7, 11) is 1.63. The minimum atomic E-state index is 0.478. The summed E-state index contributed by atoms with van der Waals surface area (Å²) in [5, 5.41) is 0. The van der Waals surface area contributed by atoms with Crippen molar-refractivity contribution in [2.24, 2.45) is 0 Å². The van der Waals surface area contributed by atoms with Gasteiger partial charge in [-0.1, -0.05) is 18.2 Å². The standard InChI is InChI=1S/C15H17NO2/c1-11-5-3-4-6-15(11)18-10-12-7-13(16)9-14(8-12)17-2/h3-9H,10,16H2,1-2H3. The van der Waals surface area contributed by atoms with Gasteiger partial charge in [0.05, 0.1) is 7.11 Å². The lowest BCUT2D eigenvalue weighted by molar-refractivity contribution is 0.303. The van der Waals surface area contributed by atoms with Gasteiger partial charge in [-0.05, 0) is 36.2 Å². The lowest BCUT2D eigenvalue weighted by Crippen LogP contribution is -1.99. The molecule has 0 radical (unpaired) electrons. The maximum Gasteiger partial charge on any atom is 0.122 e. The molecule has 3 nitrogen and oxygen atoms in total. The Hall–Kier alpha value is -2.16. The van der Waals surface area contributed by atoms with Gasteiger partial charge in [0, 0.05) is 11.8 Å². The zero-order chi connectivity index (χ0) is 13.0. The van der Waals surface area contributed by atoms with Gasteiger partial charge in [0.15, 0.2) is 0 Å². The van der Waals surface area contributed by atoms with Gasteiger partial charge >= 0.3 is 0 Å². The first kappa shape index (κ1) is 12.3. The Balaban J connectivity index is 2.11. The Kier molecular flexibility index (Phi) is 3.72. The Bertz CT molecular complexity index is 538. The average molecular weight is 243 g/mol. The van der Waals surface area contributed by atoms with Crippen LogP contribution in [-0.4, -0.2) is 7.11 Å². The van der Waals surface area contributed by atoms with E-state index in [-0.39, 0.29) is 0 Å². The SMILES string of the molecule is COc1cc(N)cc(COc2ccccc2C)c1. The number of aryl methyl sites for hydroxylation is 1. The van der Waals surface area contributed by atoms with E-state index in [0.29, 0.717) is 12.3 Å². The molecule has 2 aromatic rings. The van der Waals surface area contributed by atoms with E-state index in [9.17, 15) is 0 Å². The van der Waals surface area contributed by atoms with Gasteiger partial charge < -0.3 is 15.2 Å². The number of ether oxygens (including phenoxy) is 2. The van der Waals surface area contributed by atoms with Crippen molar-refractivity contribution >= 4 is 5.69 Å². The Morgan fingerprint density at radius 1 is 1.11 bits per heavy atom. The van der Waals surface area contributed by atoms with Crippen LogP contribution in [0.5, 0.6) is 11.5 Å². The van der Waals surface area contributed by atoms with Gasteiger partial charge in [0.2, 0.25) is 0 Å². The number of rotatable bonds is 4. The molecule has 0 amide bonds. The molecule has 2 rings (SSSR count). The number of methoxy groups -OCH3 is 1. The van der Waals surface area contributed by atoms with E-state index in [1.165, 1.54) is 0 Å². The molecule has 0 saturated carbocycles. The molecular formula is C15H17NO2. The zero-order valence-electron chi connectivity index (χ0n) is 10.6. The molecular weight excluding hydrogens is 226 g/mol. The molecule has 0 atom stereocenters. The minimum Gasteiger partial charge on any atom is -0.497 e. The first-order chi connectivity index (χ1) is 8.69. The second-order valence-corrected chi connectivity index (χ2v) is 4.17. The van der Waals surface area contributed by atoms with E-state index in [1.54, 1.807) is 13.2 Å². The van der Waals surface area contributed by atoms with Crippen molar-refractivity contribution in [1.82, 2.24) is 0 Å². The van der Waals surface area contributed by atoms with E-state index in [2.05, 4.69) is 0 Å². The first-order valence-corrected chi connectivity index (χ1v) is 5.81. The van der Waals surface area contributed by atoms with Gasteiger partial charge in [-0.15, -0.1) is 0 Å². The molecule has 3 heteroatoms. The minimum absolute atomic E-state index is 0.478. The third-order valence-corrected chi connectivity index (χ3v) is 2.71. The molecule has 0 heterocycles. The van der Waals surface area contributed by atoms with Crippen LogP contribution >= 0.6 is 0 Å². The number of hydrogen-bond donors (Lipinski definition) is 1. The molecule has 2 N–H and O–H groups in total. The summed E-state index contributed by atoms with van der Waals surface area (Å²) in [6.07, 6.45) is 0. The van der Waals surface area contributed by atoms with Crippen molar-refractivity contribution in [2.45, 2.75) is 13.5 Å². The van der Waals surface area contributed by atoms with Crippen LogP contribution in [0, 0.1) is 6.92 Å². The van der Waals surface area contributed by atoms with Crippen LogP contribution in [0.1, 0.15) is 11.1 Å². The third kappa shape index (κ3) is 2.94. The van der Waals surface area contributed by atoms with E-state index in [0.717, 1.165) is 22.6 Å². The number of nitrogen functional groups attached to an aromatic ring is 1. The summed E-state index contributed by atoms with van der Waals surface area (Å²) in [4.78, 5) is 0. The van der Waals surface area contributed by atoms with E-state index in [4.69, 9.17) is 15.2 Å². The molecule has 0 fully saturated rings. The van der Waals surface area contributed by atoms with Crippen LogP contribution in [0.3, 0.4) is 0 Å². The number of para-hydroxylation sites is 1.